The fourth-order valence-electron chi connectivity index (χ4n) is 3.55. The molecule has 108 valence electrons. The van der Waals surface area contributed by atoms with E-state index in [4.69, 9.17) is 12.2 Å². The molecule has 20 heavy (non-hydrogen) atoms. The number of fused-ring (bicyclic) bond motifs is 1. The van der Waals surface area contributed by atoms with Crippen molar-refractivity contribution in [3.63, 3.8) is 0 Å². The van der Waals surface area contributed by atoms with Gasteiger partial charge in [-0.05, 0) is 57.7 Å². The molecule has 0 radical (unpaired) electrons. The zero-order chi connectivity index (χ0) is 14.3. The molecule has 0 aliphatic heterocycles. The summed E-state index contributed by atoms with van der Waals surface area (Å²) < 4.78 is 3.14. The monoisotopic (exact) mass is 289 g/mol. The third-order valence-electron chi connectivity index (χ3n) is 4.95. The molecule has 1 saturated carbocycles. The Labute approximate surface area is 125 Å². The van der Waals surface area contributed by atoms with Gasteiger partial charge in [0.15, 0.2) is 4.77 Å². The molecule has 1 aliphatic rings. The number of aryl methyl sites for hydroxylation is 1. The number of nitrogens with zero attached hydrogens (tertiary/aromatic N) is 2. The first kappa shape index (κ1) is 13.8. The van der Waals surface area contributed by atoms with Gasteiger partial charge in [-0.1, -0.05) is 25.0 Å². The lowest BCUT2D eigenvalue weighted by molar-refractivity contribution is 0.135. The third-order valence-corrected chi connectivity index (χ3v) is 5.28. The van der Waals surface area contributed by atoms with Crippen LogP contribution in [-0.2, 0) is 6.54 Å². The predicted molar refractivity (Wildman–Crippen MR) is 86.7 cm³/mol. The number of rotatable bonds is 3. The minimum Gasteiger partial charge on any atom is -0.330 e. The van der Waals surface area contributed by atoms with Crippen LogP contribution in [0.4, 0.5) is 0 Å². The average Bonchev–Trinajstić information content (AvgIpc) is 2.99. The molecule has 2 aromatic rings. The Morgan fingerprint density at radius 1 is 1.30 bits per heavy atom. The van der Waals surface area contributed by atoms with E-state index in [0.717, 1.165) is 11.3 Å². The van der Waals surface area contributed by atoms with Crippen LogP contribution < -0.4 is 0 Å². The molecule has 0 spiro atoms. The highest BCUT2D eigenvalue weighted by Gasteiger charge is 2.36. The fourth-order valence-corrected chi connectivity index (χ4v) is 3.82. The molecule has 1 N–H and O–H groups in total. The van der Waals surface area contributed by atoms with Gasteiger partial charge in [0.05, 0.1) is 11.0 Å². The van der Waals surface area contributed by atoms with Crippen molar-refractivity contribution in [3.05, 3.63) is 28.5 Å². The van der Waals surface area contributed by atoms with E-state index in [9.17, 15) is 0 Å². The maximum absolute atomic E-state index is 5.57. The molecule has 0 unspecified atom stereocenters. The van der Waals surface area contributed by atoms with Crippen LogP contribution in [0.3, 0.4) is 0 Å². The van der Waals surface area contributed by atoms with Crippen molar-refractivity contribution in [2.75, 3.05) is 14.1 Å². The van der Waals surface area contributed by atoms with Gasteiger partial charge in [0.25, 0.3) is 0 Å². The largest absolute Gasteiger partial charge is 0.330 e. The number of likely N-dealkylation sites (N-methyl/N-ethyl adjacent to an activating group) is 1. The molecule has 1 aliphatic carbocycles. The summed E-state index contributed by atoms with van der Waals surface area (Å²) in [4.78, 5) is 5.78. The van der Waals surface area contributed by atoms with Crippen LogP contribution in [0.5, 0.6) is 0 Å². The van der Waals surface area contributed by atoms with Crippen LogP contribution in [0.15, 0.2) is 18.2 Å². The van der Waals surface area contributed by atoms with Gasteiger partial charge in [-0.2, -0.15) is 0 Å². The summed E-state index contributed by atoms with van der Waals surface area (Å²) in [5.41, 5.74) is 3.95. The quantitative estimate of drug-likeness (QED) is 0.867. The van der Waals surface area contributed by atoms with Gasteiger partial charge in [0.2, 0.25) is 0 Å². The number of aromatic amines is 1. The Morgan fingerprint density at radius 3 is 2.65 bits per heavy atom. The minimum absolute atomic E-state index is 0.261. The number of hydrogen-bond donors (Lipinski definition) is 1. The Bertz CT molecular complexity index is 675. The number of benzene rings is 1. The maximum Gasteiger partial charge on any atom is 0.178 e. The lowest BCUT2D eigenvalue weighted by Gasteiger charge is -2.36. The zero-order valence-corrected chi connectivity index (χ0v) is 13.4. The Morgan fingerprint density at radius 2 is 2.00 bits per heavy atom. The van der Waals surface area contributed by atoms with Crippen molar-refractivity contribution in [3.8, 4) is 0 Å². The highest BCUT2D eigenvalue weighted by molar-refractivity contribution is 7.71. The summed E-state index contributed by atoms with van der Waals surface area (Å²) in [7, 11) is 4.41. The number of para-hydroxylation sites is 1. The smallest absolute Gasteiger partial charge is 0.178 e. The lowest BCUT2D eigenvalue weighted by Crippen LogP contribution is -2.45. The first-order chi connectivity index (χ1) is 9.53. The first-order valence-corrected chi connectivity index (χ1v) is 7.80. The molecular formula is C16H23N3S. The molecule has 0 amide bonds. The van der Waals surface area contributed by atoms with Crippen LogP contribution >= 0.6 is 12.2 Å². The van der Waals surface area contributed by atoms with Crippen molar-refractivity contribution in [1.82, 2.24) is 14.5 Å². The Kier molecular flexibility index (Phi) is 3.46. The number of hydrogen-bond acceptors (Lipinski definition) is 2. The van der Waals surface area contributed by atoms with Crippen molar-refractivity contribution < 1.29 is 0 Å². The molecule has 1 fully saturated rings. The third kappa shape index (κ3) is 2.11. The van der Waals surface area contributed by atoms with Crippen LogP contribution in [0.2, 0.25) is 0 Å². The summed E-state index contributed by atoms with van der Waals surface area (Å²) >= 11 is 5.57. The second-order valence-electron chi connectivity index (χ2n) is 6.31. The minimum atomic E-state index is 0.261. The van der Waals surface area contributed by atoms with Gasteiger partial charge >= 0.3 is 0 Å². The Hall–Kier alpha value is -1.13. The molecular weight excluding hydrogens is 266 g/mol. The number of aromatic nitrogens is 2. The summed E-state index contributed by atoms with van der Waals surface area (Å²) in [6.45, 7) is 3.12. The Balaban J connectivity index is 2.09. The molecule has 0 atom stereocenters. The second kappa shape index (κ2) is 5.01. The average molecular weight is 289 g/mol. The summed E-state index contributed by atoms with van der Waals surface area (Å²) in [5.74, 6) is 0. The van der Waals surface area contributed by atoms with Crippen LogP contribution in [0.25, 0.3) is 11.0 Å². The molecule has 0 bridgehead atoms. The number of imidazole rings is 1. The van der Waals surface area contributed by atoms with Gasteiger partial charge in [0, 0.05) is 12.1 Å². The lowest BCUT2D eigenvalue weighted by atomic mass is 9.96. The van der Waals surface area contributed by atoms with Crippen molar-refractivity contribution >= 4 is 23.3 Å². The number of H-pyrrole nitrogens is 1. The van der Waals surface area contributed by atoms with Gasteiger partial charge in [0.1, 0.15) is 0 Å². The SMILES string of the molecule is Cc1cccc2c1[nH]c(=S)n2CC1(N(C)C)CCCC1. The molecule has 1 aromatic heterocycles. The van der Waals surface area contributed by atoms with E-state index in [1.807, 2.05) is 0 Å². The zero-order valence-electron chi connectivity index (χ0n) is 12.6. The maximum atomic E-state index is 5.57. The first-order valence-electron chi connectivity index (χ1n) is 7.39. The summed E-state index contributed by atoms with van der Waals surface area (Å²) in [5, 5.41) is 0. The van der Waals surface area contributed by atoms with Gasteiger partial charge in [-0.25, -0.2) is 0 Å². The van der Waals surface area contributed by atoms with Crippen LogP contribution in [0.1, 0.15) is 31.2 Å². The highest BCUT2D eigenvalue weighted by atomic mass is 32.1. The topological polar surface area (TPSA) is 24.0 Å². The predicted octanol–water partition coefficient (Wildman–Crippen LogP) is 3.88. The van der Waals surface area contributed by atoms with E-state index < -0.39 is 0 Å². The van der Waals surface area contributed by atoms with E-state index in [1.54, 1.807) is 0 Å². The van der Waals surface area contributed by atoms with Crippen LogP contribution in [0, 0.1) is 11.7 Å². The van der Waals surface area contributed by atoms with E-state index in [0.29, 0.717) is 0 Å². The van der Waals surface area contributed by atoms with E-state index in [2.05, 4.69) is 53.7 Å². The van der Waals surface area contributed by atoms with Gasteiger partial charge < -0.3 is 14.5 Å². The standard InChI is InChI=1S/C16H23N3S/c1-12-7-6-8-13-14(12)17-15(20)19(13)11-16(18(2)3)9-4-5-10-16/h6-8H,4-5,9-11H2,1-3H3,(H,17,20). The summed E-state index contributed by atoms with van der Waals surface area (Å²) in [6, 6.07) is 6.43. The molecule has 3 nitrogen and oxygen atoms in total. The molecule has 3 rings (SSSR count). The second-order valence-corrected chi connectivity index (χ2v) is 6.70. The van der Waals surface area contributed by atoms with E-state index >= 15 is 0 Å². The van der Waals surface area contributed by atoms with Crippen molar-refractivity contribution in [2.24, 2.45) is 0 Å². The van der Waals surface area contributed by atoms with Crippen molar-refractivity contribution in [1.29, 1.82) is 0 Å². The molecule has 0 saturated heterocycles. The summed E-state index contributed by atoms with van der Waals surface area (Å²) in [6.07, 6.45) is 5.18. The van der Waals surface area contributed by atoms with Gasteiger partial charge in [-0.3, -0.25) is 0 Å². The van der Waals surface area contributed by atoms with E-state index in [-0.39, 0.29) is 5.54 Å². The highest BCUT2D eigenvalue weighted by Crippen LogP contribution is 2.36. The fraction of sp³-hybridized carbons (Fsp3) is 0.562. The molecule has 4 heteroatoms. The van der Waals surface area contributed by atoms with E-state index in [1.165, 1.54) is 42.3 Å². The van der Waals surface area contributed by atoms with Crippen LogP contribution in [-0.4, -0.2) is 34.1 Å². The molecule has 1 aromatic carbocycles. The van der Waals surface area contributed by atoms with Crippen molar-refractivity contribution in [2.45, 2.75) is 44.7 Å². The number of nitrogens with one attached hydrogen (secondary N) is 1. The van der Waals surface area contributed by atoms with Gasteiger partial charge in [-0.15, -0.1) is 0 Å². The molecule has 1 heterocycles. The normalized spacial score (nSPS) is 18.2.